The zero-order chi connectivity index (χ0) is 15.9. The number of halogens is 3. The number of carbonyl (C=O) groups excluding carboxylic acids is 1. The maximum atomic E-state index is 12.6. The molecule has 0 aliphatic heterocycles. The van der Waals surface area contributed by atoms with Crippen molar-refractivity contribution in [1.29, 1.82) is 0 Å². The van der Waals surface area contributed by atoms with E-state index in [-0.39, 0.29) is 24.5 Å². The molecular weight excluding hydrogens is 291 g/mol. The fourth-order valence-electron chi connectivity index (χ4n) is 1.45. The molecule has 0 amide bonds. The number of alkyl halides is 3. The first kappa shape index (κ1) is 17.3. The van der Waals surface area contributed by atoms with E-state index in [0.717, 1.165) is 12.1 Å². The first-order valence-electron chi connectivity index (χ1n) is 6.06. The van der Waals surface area contributed by atoms with Crippen LogP contribution in [0.15, 0.2) is 18.2 Å². The van der Waals surface area contributed by atoms with Gasteiger partial charge in [-0.2, -0.15) is 13.2 Å². The van der Waals surface area contributed by atoms with Crippen LogP contribution in [0.4, 0.5) is 18.9 Å². The van der Waals surface area contributed by atoms with E-state index >= 15 is 0 Å². The van der Waals surface area contributed by atoms with E-state index in [0.29, 0.717) is 19.3 Å². The van der Waals surface area contributed by atoms with Crippen LogP contribution in [-0.2, 0) is 20.4 Å². The Labute approximate surface area is 119 Å². The van der Waals surface area contributed by atoms with E-state index < -0.39 is 17.7 Å². The van der Waals surface area contributed by atoms with E-state index in [1.165, 1.54) is 7.11 Å². The molecular formula is C13H16F3NO4. The molecule has 5 nitrogen and oxygen atoms in total. The Balaban J connectivity index is 2.56. The van der Waals surface area contributed by atoms with Crippen LogP contribution < -0.4 is 5.73 Å². The molecule has 0 aromatic heterocycles. The van der Waals surface area contributed by atoms with Crippen molar-refractivity contribution in [2.45, 2.75) is 6.18 Å². The molecule has 0 bridgehead atoms. The summed E-state index contributed by atoms with van der Waals surface area (Å²) in [5, 5.41) is 0. The molecule has 0 radical (unpaired) electrons. The van der Waals surface area contributed by atoms with Crippen molar-refractivity contribution in [2.75, 3.05) is 39.3 Å². The maximum Gasteiger partial charge on any atom is 0.416 e. The predicted octanol–water partition coefficient (Wildman–Crippen LogP) is 2.11. The van der Waals surface area contributed by atoms with Crippen LogP contribution in [-0.4, -0.2) is 39.5 Å². The number of anilines is 1. The van der Waals surface area contributed by atoms with Gasteiger partial charge in [-0.25, -0.2) is 4.79 Å². The van der Waals surface area contributed by atoms with Crippen LogP contribution in [0.25, 0.3) is 0 Å². The van der Waals surface area contributed by atoms with Gasteiger partial charge in [0.2, 0.25) is 0 Å². The molecule has 21 heavy (non-hydrogen) atoms. The first-order valence-corrected chi connectivity index (χ1v) is 6.06. The standard InChI is InChI=1S/C13H16F3NO4/c1-19-2-3-20-4-5-21-12(18)9-6-10(13(14,15)16)8-11(17)7-9/h6-8H,2-5,17H2,1H3. The molecule has 0 aliphatic rings. The Bertz CT molecular complexity index is 477. The number of nitrogens with two attached hydrogens (primary N) is 1. The van der Waals surface area contributed by atoms with E-state index in [1.807, 2.05) is 0 Å². The highest BCUT2D eigenvalue weighted by Crippen LogP contribution is 2.31. The van der Waals surface area contributed by atoms with Gasteiger partial charge in [-0.15, -0.1) is 0 Å². The molecule has 0 saturated carbocycles. The summed E-state index contributed by atoms with van der Waals surface area (Å²) in [5.74, 6) is -0.886. The van der Waals surface area contributed by atoms with Crippen molar-refractivity contribution in [1.82, 2.24) is 0 Å². The van der Waals surface area contributed by atoms with Gasteiger partial charge in [0.25, 0.3) is 0 Å². The molecule has 0 aliphatic carbocycles. The second-order valence-electron chi connectivity index (χ2n) is 4.08. The summed E-state index contributed by atoms with van der Waals surface area (Å²) in [5.41, 5.74) is 3.95. The summed E-state index contributed by atoms with van der Waals surface area (Å²) in [4.78, 5) is 11.6. The van der Waals surface area contributed by atoms with Crippen LogP contribution in [0, 0.1) is 0 Å². The fraction of sp³-hybridized carbons (Fsp3) is 0.462. The summed E-state index contributed by atoms with van der Waals surface area (Å²) in [6.45, 7) is 0.797. The van der Waals surface area contributed by atoms with Crippen molar-refractivity contribution in [2.24, 2.45) is 0 Å². The number of esters is 1. The van der Waals surface area contributed by atoms with Crippen molar-refractivity contribution in [3.63, 3.8) is 0 Å². The molecule has 118 valence electrons. The Morgan fingerprint density at radius 2 is 1.81 bits per heavy atom. The van der Waals surface area contributed by atoms with E-state index in [2.05, 4.69) is 0 Å². The zero-order valence-corrected chi connectivity index (χ0v) is 11.4. The number of ether oxygens (including phenoxy) is 3. The number of hydrogen-bond donors (Lipinski definition) is 1. The van der Waals surface area contributed by atoms with Gasteiger partial charge < -0.3 is 19.9 Å². The predicted molar refractivity (Wildman–Crippen MR) is 68.8 cm³/mol. The third-order valence-corrected chi connectivity index (χ3v) is 2.41. The molecule has 0 spiro atoms. The van der Waals surface area contributed by atoms with Crippen molar-refractivity contribution >= 4 is 11.7 Å². The normalized spacial score (nSPS) is 11.4. The van der Waals surface area contributed by atoms with Crippen molar-refractivity contribution < 1.29 is 32.2 Å². The third kappa shape index (κ3) is 6.01. The average Bonchev–Trinajstić information content (AvgIpc) is 2.40. The maximum absolute atomic E-state index is 12.6. The minimum atomic E-state index is -4.58. The Kier molecular flexibility index (Phi) is 6.44. The van der Waals surface area contributed by atoms with Crippen LogP contribution in [0.5, 0.6) is 0 Å². The lowest BCUT2D eigenvalue weighted by molar-refractivity contribution is -0.137. The summed E-state index contributed by atoms with van der Waals surface area (Å²) in [6.07, 6.45) is -4.58. The van der Waals surface area contributed by atoms with Crippen LogP contribution in [0.2, 0.25) is 0 Å². The fourth-order valence-corrected chi connectivity index (χ4v) is 1.45. The monoisotopic (exact) mass is 307 g/mol. The van der Waals surface area contributed by atoms with Gasteiger partial charge in [0, 0.05) is 12.8 Å². The summed E-state index contributed by atoms with van der Waals surface area (Å²) in [6, 6.07) is 2.58. The van der Waals surface area contributed by atoms with E-state index in [1.54, 1.807) is 0 Å². The highest BCUT2D eigenvalue weighted by molar-refractivity contribution is 5.90. The van der Waals surface area contributed by atoms with Gasteiger partial charge in [0.1, 0.15) is 6.61 Å². The van der Waals surface area contributed by atoms with Crippen molar-refractivity contribution in [3.05, 3.63) is 29.3 Å². The van der Waals surface area contributed by atoms with Gasteiger partial charge in [0.05, 0.1) is 30.9 Å². The average molecular weight is 307 g/mol. The molecule has 0 atom stereocenters. The number of methoxy groups -OCH3 is 1. The minimum absolute atomic E-state index is 0.0707. The molecule has 1 aromatic rings. The Morgan fingerprint density at radius 1 is 1.14 bits per heavy atom. The van der Waals surface area contributed by atoms with Gasteiger partial charge in [-0.1, -0.05) is 0 Å². The SMILES string of the molecule is COCCOCCOC(=O)c1cc(N)cc(C(F)(F)F)c1. The first-order chi connectivity index (χ1) is 9.84. The Hall–Kier alpha value is -1.80. The molecule has 0 saturated heterocycles. The smallest absolute Gasteiger partial charge is 0.416 e. The molecule has 0 unspecified atom stereocenters. The van der Waals surface area contributed by atoms with Crippen LogP contribution in [0.3, 0.4) is 0 Å². The third-order valence-electron chi connectivity index (χ3n) is 2.41. The van der Waals surface area contributed by atoms with Gasteiger partial charge in [-0.3, -0.25) is 0 Å². The van der Waals surface area contributed by atoms with Crippen LogP contribution in [0.1, 0.15) is 15.9 Å². The summed E-state index contributed by atoms with van der Waals surface area (Å²) >= 11 is 0. The molecule has 2 N–H and O–H groups in total. The summed E-state index contributed by atoms with van der Waals surface area (Å²) in [7, 11) is 1.52. The minimum Gasteiger partial charge on any atom is -0.460 e. The summed E-state index contributed by atoms with van der Waals surface area (Å²) < 4.78 is 52.4. The van der Waals surface area contributed by atoms with Gasteiger partial charge >= 0.3 is 12.1 Å². The molecule has 0 fully saturated rings. The molecule has 1 rings (SSSR count). The second-order valence-corrected chi connectivity index (χ2v) is 4.08. The lowest BCUT2D eigenvalue weighted by Gasteiger charge is -2.10. The largest absolute Gasteiger partial charge is 0.460 e. The van der Waals surface area contributed by atoms with E-state index in [4.69, 9.17) is 19.9 Å². The molecule has 0 heterocycles. The van der Waals surface area contributed by atoms with Gasteiger partial charge in [0.15, 0.2) is 0 Å². The highest BCUT2D eigenvalue weighted by atomic mass is 19.4. The highest BCUT2D eigenvalue weighted by Gasteiger charge is 2.31. The molecule has 1 aromatic carbocycles. The quantitative estimate of drug-likeness (QED) is 0.474. The lowest BCUT2D eigenvalue weighted by Crippen LogP contribution is -2.14. The Morgan fingerprint density at radius 3 is 2.43 bits per heavy atom. The number of nitrogen functional groups attached to an aromatic ring is 1. The topological polar surface area (TPSA) is 70.8 Å². The van der Waals surface area contributed by atoms with Crippen molar-refractivity contribution in [3.8, 4) is 0 Å². The molecule has 8 heteroatoms. The van der Waals surface area contributed by atoms with E-state index in [9.17, 15) is 18.0 Å². The van der Waals surface area contributed by atoms with Gasteiger partial charge in [-0.05, 0) is 18.2 Å². The number of benzene rings is 1. The van der Waals surface area contributed by atoms with Crippen LogP contribution >= 0.6 is 0 Å². The number of carbonyl (C=O) groups is 1. The lowest BCUT2D eigenvalue weighted by atomic mass is 10.1. The number of hydrogen-bond acceptors (Lipinski definition) is 5. The zero-order valence-electron chi connectivity index (χ0n) is 11.4. The number of rotatable bonds is 7. The second kappa shape index (κ2) is 7.84.